The Morgan fingerprint density at radius 2 is 1.89 bits per heavy atom. The van der Waals surface area contributed by atoms with Crippen LogP contribution in [0.1, 0.15) is 5.56 Å². The lowest BCUT2D eigenvalue weighted by Crippen LogP contribution is -2.08. The Kier molecular flexibility index (Phi) is 4.75. The molecule has 0 unspecified atom stereocenters. The number of rotatable bonds is 4. The minimum absolute atomic E-state index is 0.517. The van der Waals surface area contributed by atoms with Gasteiger partial charge in [0.05, 0.1) is 10.7 Å². The van der Waals surface area contributed by atoms with Gasteiger partial charge in [-0.1, -0.05) is 40.9 Å². The van der Waals surface area contributed by atoms with Crippen molar-refractivity contribution in [3.63, 3.8) is 0 Å². The minimum atomic E-state index is 0.517. The Morgan fingerprint density at radius 3 is 2.58 bits per heavy atom. The van der Waals surface area contributed by atoms with Crippen molar-refractivity contribution in [1.82, 2.24) is 4.98 Å². The molecule has 100 valence electrons. The zero-order chi connectivity index (χ0) is 13.8. The monoisotopic (exact) mass is 315 g/mol. The van der Waals surface area contributed by atoms with E-state index in [0.717, 1.165) is 12.0 Å². The lowest BCUT2D eigenvalue weighted by molar-refractivity contribution is 1.01. The van der Waals surface area contributed by atoms with Crippen LogP contribution in [0.25, 0.3) is 0 Å². The van der Waals surface area contributed by atoms with E-state index in [4.69, 9.17) is 40.5 Å². The second-order valence-electron chi connectivity index (χ2n) is 4.00. The molecular formula is C13H12Cl3N3. The highest BCUT2D eigenvalue weighted by Gasteiger charge is 2.03. The summed E-state index contributed by atoms with van der Waals surface area (Å²) in [6.45, 7) is 0.667. The molecule has 0 radical (unpaired) electrons. The number of nitrogen functional groups attached to an aromatic ring is 1. The highest BCUT2D eigenvalue weighted by molar-refractivity contribution is 6.35. The fraction of sp³-hybridized carbons (Fsp3) is 0.154. The molecule has 0 aliphatic rings. The van der Waals surface area contributed by atoms with Crippen LogP contribution in [0.15, 0.2) is 30.5 Å². The first kappa shape index (κ1) is 14.3. The van der Waals surface area contributed by atoms with Gasteiger partial charge in [0.2, 0.25) is 0 Å². The van der Waals surface area contributed by atoms with E-state index in [2.05, 4.69) is 10.3 Å². The van der Waals surface area contributed by atoms with Crippen LogP contribution in [-0.4, -0.2) is 11.5 Å². The van der Waals surface area contributed by atoms with Crippen LogP contribution in [0.4, 0.5) is 11.5 Å². The van der Waals surface area contributed by atoms with Gasteiger partial charge in [-0.3, -0.25) is 0 Å². The highest BCUT2D eigenvalue weighted by Crippen LogP contribution is 2.22. The van der Waals surface area contributed by atoms with Crippen molar-refractivity contribution in [3.05, 3.63) is 51.1 Å². The number of nitrogens with one attached hydrogen (secondary N) is 1. The van der Waals surface area contributed by atoms with E-state index < -0.39 is 0 Å². The molecule has 3 nitrogen and oxygen atoms in total. The summed E-state index contributed by atoms with van der Waals surface area (Å²) in [6.07, 6.45) is 2.30. The molecule has 0 atom stereocenters. The summed E-state index contributed by atoms with van der Waals surface area (Å²) in [6, 6.07) is 7.11. The molecule has 1 aromatic carbocycles. The van der Waals surface area contributed by atoms with Gasteiger partial charge in [0.25, 0.3) is 0 Å². The van der Waals surface area contributed by atoms with Crippen LogP contribution < -0.4 is 11.1 Å². The molecule has 2 aromatic rings. The largest absolute Gasteiger partial charge is 0.396 e. The highest BCUT2D eigenvalue weighted by atomic mass is 35.5. The van der Waals surface area contributed by atoms with Crippen LogP contribution in [0, 0.1) is 0 Å². The third-order valence-corrected chi connectivity index (χ3v) is 3.38. The third kappa shape index (κ3) is 3.90. The van der Waals surface area contributed by atoms with E-state index in [-0.39, 0.29) is 0 Å². The average Bonchev–Trinajstić information content (AvgIpc) is 2.34. The van der Waals surface area contributed by atoms with Crippen molar-refractivity contribution >= 4 is 46.3 Å². The maximum atomic E-state index is 6.09. The number of hydrogen-bond acceptors (Lipinski definition) is 3. The molecule has 6 heteroatoms. The number of aromatic nitrogens is 1. The lowest BCUT2D eigenvalue weighted by atomic mass is 10.1. The van der Waals surface area contributed by atoms with Crippen LogP contribution in [0.3, 0.4) is 0 Å². The third-order valence-electron chi connectivity index (χ3n) is 2.59. The number of nitrogens with zero attached hydrogens (tertiary/aromatic N) is 1. The topological polar surface area (TPSA) is 50.9 Å². The van der Waals surface area contributed by atoms with Gasteiger partial charge in [0.15, 0.2) is 0 Å². The van der Waals surface area contributed by atoms with E-state index in [1.54, 1.807) is 18.3 Å². The predicted octanol–water partition coefficient (Wildman–Crippen LogP) is 4.28. The van der Waals surface area contributed by atoms with E-state index >= 15 is 0 Å². The maximum Gasteiger partial charge on any atom is 0.149 e. The van der Waals surface area contributed by atoms with Gasteiger partial charge in [-0.25, -0.2) is 4.98 Å². The molecule has 0 saturated carbocycles. The van der Waals surface area contributed by atoms with E-state index in [1.807, 2.05) is 12.1 Å². The van der Waals surface area contributed by atoms with Crippen molar-refractivity contribution in [2.24, 2.45) is 0 Å². The summed E-state index contributed by atoms with van der Waals surface area (Å²) >= 11 is 17.7. The molecule has 0 spiro atoms. The summed E-state index contributed by atoms with van der Waals surface area (Å²) in [5.74, 6) is 0.620. The van der Waals surface area contributed by atoms with Crippen LogP contribution in [0.5, 0.6) is 0 Å². The van der Waals surface area contributed by atoms with E-state index in [9.17, 15) is 0 Å². The fourth-order valence-corrected chi connectivity index (χ4v) is 2.31. The number of benzene rings is 1. The molecule has 0 aliphatic carbocycles. The molecule has 3 N–H and O–H groups in total. The second kappa shape index (κ2) is 6.33. The zero-order valence-electron chi connectivity index (χ0n) is 9.96. The fourth-order valence-electron chi connectivity index (χ4n) is 1.64. The number of anilines is 2. The predicted molar refractivity (Wildman–Crippen MR) is 82.3 cm³/mol. The number of halogens is 3. The molecule has 0 saturated heterocycles. The van der Waals surface area contributed by atoms with Gasteiger partial charge in [-0.2, -0.15) is 0 Å². The van der Waals surface area contributed by atoms with Crippen molar-refractivity contribution < 1.29 is 0 Å². The Labute approximate surface area is 126 Å². The lowest BCUT2D eigenvalue weighted by Gasteiger charge is -2.09. The summed E-state index contributed by atoms with van der Waals surface area (Å²) in [5, 5.41) is 4.95. The Balaban J connectivity index is 1.96. The first-order chi connectivity index (χ1) is 9.06. The molecule has 19 heavy (non-hydrogen) atoms. The Hall–Kier alpha value is -1.16. The van der Waals surface area contributed by atoms with Crippen LogP contribution >= 0.6 is 34.8 Å². The molecule has 0 fully saturated rings. The average molecular weight is 317 g/mol. The molecular weight excluding hydrogens is 305 g/mol. The Morgan fingerprint density at radius 1 is 1.11 bits per heavy atom. The molecule has 0 bridgehead atoms. The van der Waals surface area contributed by atoms with Gasteiger partial charge < -0.3 is 11.1 Å². The first-order valence-electron chi connectivity index (χ1n) is 5.65. The smallest absolute Gasteiger partial charge is 0.149 e. The normalized spacial score (nSPS) is 10.5. The molecule has 0 aliphatic heterocycles. The van der Waals surface area contributed by atoms with E-state index in [1.165, 1.54) is 0 Å². The summed E-state index contributed by atoms with van der Waals surface area (Å²) in [7, 11) is 0. The molecule has 1 aromatic heterocycles. The standard InChI is InChI=1S/C13H12Cl3N3/c14-9-2-1-8(11(16)5-9)3-4-18-13-12(17)6-10(15)7-19-13/h1-2,5-7H,3-4,17H2,(H,18,19). The minimum Gasteiger partial charge on any atom is -0.396 e. The number of hydrogen-bond donors (Lipinski definition) is 2. The quantitative estimate of drug-likeness (QED) is 0.885. The summed E-state index contributed by atoms with van der Waals surface area (Å²) in [5.41, 5.74) is 7.34. The Bertz CT molecular complexity index is 536. The van der Waals surface area contributed by atoms with Crippen LogP contribution in [-0.2, 0) is 6.42 Å². The second-order valence-corrected chi connectivity index (χ2v) is 5.28. The zero-order valence-corrected chi connectivity index (χ0v) is 12.2. The van der Waals surface area contributed by atoms with Gasteiger partial charge in [0, 0.05) is 22.8 Å². The first-order valence-corrected chi connectivity index (χ1v) is 6.78. The van der Waals surface area contributed by atoms with Crippen molar-refractivity contribution in [1.29, 1.82) is 0 Å². The SMILES string of the molecule is Nc1cc(Cl)cnc1NCCc1ccc(Cl)cc1Cl. The molecule has 1 heterocycles. The van der Waals surface area contributed by atoms with Gasteiger partial charge in [-0.15, -0.1) is 0 Å². The van der Waals surface area contributed by atoms with Gasteiger partial charge in [-0.05, 0) is 30.2 Å². The van der Waals surface area contributed by atoms with Crippen molar-refractivity contribution in [2.45, 2.75) is 6.42 Å². The van der Waals surface area contributed by atoms with Gasteiger partial charge in [0.1, 0.15) is 5.82 Å². The van der Waals surface area contributed by atoms with Crippen LogP contribution in [0.2, 0.25) is 15.1 Å². The molecule has 0 amide bonds. The number of pyridine rings is 1. The van der Waals surface area contributed by atoms with Crippen molar-refractivity contribution in [3.8, 4) is 0 Å². The summed E-state index contributed by atoms with van der Waals surface area (Å²) < 4.78 is 0. The molecule has 2 rings (SSSR count). The summed E-state index contributed by atoms with van der Waals surface area (Å²) in [4.78, 5) is 4.12. The van der Waals surface area contributed by atoms with Gasteiger partial charge >= 0.3 is 0 Å². The van der Waals surface area contributed by atoms with Crippen molar-refractivity contribution in [2.75, 3.05) is 17.6 Å². The van der Waals surface area contributed by atoms with E-state index in [0.29, 0.717) is 33.1 Å². The number of nitrogens with two attached hydrogens (primary N) is 1. The maximum absolute atomic E-state index is 6.09.